The molecule has 0 bridgehead atoms. The van der Waals surface area contributed by atoms with Crippen molar-refractivity contribution in [2.75, 3.05) is 16.8 Å². The van der Waals surface area contributed by atoms with Crippen molar-refractivity contribution in [2.45, 2.75) is 57.0 Å². The number of carbonyl (C=O) groups is 2. The van der Waals surface area contributed by atoms with Crippen LogP contribution in [-0.4, -0.2) is 50.1 Å². The third kappa shape index (κ3) is 3.88. The van der Waals surface area contributed by atoms with Gasteiger partial charge >= 0.3 is 6.03 Å². The summed E-state index contributed by atoms with van der Waals surface area (Å²) in [5.74, 6) is 0.654. The lowest BCUT2D eigenvalue weighted by Crippen LogP contribution is -2.36. The molecule has 11 heteroatoms. The molecule has 5 rings (SSSR count). The molecule has 0 unspecified atom stereocenters. The second-order valence-corrected chi connectivity index (χ2v) is 8.11. The molecule has 2 aromatic heterocycles. The molecule has 3 aliphatic rings. The van der Waals surface area contributed by atoms with Crippen molar-refractivity contribution in [3.63, 3.8) is 0 Å². The number of imide groups is 1. The van der Waals surface area contributed by atoms with Crippen LogP contribution in [0.25, 0.3) is 11.7 Å². The number of urea groups is 1. The SMILES string of the molecule is N#CCCN(c1nc(NC2CC2)n2ncc(/C=C3\NC(=O)NC3=O)c2n1)C1CCCC1. The van der Waals surface area contributed by atoms with Gasteiger partial charge in [-0.25, -0.2) is 4.79 Å². The number of rotatable bonds is 7. The summed E-state index contributed by atoms with van der Waals surface area (Å²) >= 11 is 0. The molecule has 2 saturated carbocycles. The number of carbonyl (C=O) groups excluding carboxylic acids is 2. The highest BCUT2D eigenvalue weighted by Crippen LogP contribution is 2.30. The molecule has 160 valence electrons. The zero-order valence-corrected chi connectivity index (χ0v) is 17.0. The van der Waals surface area contributed by atoms with Crippen molar-refractivity contribution < 1.29 is 9.59 Å². The van der Waals surface area contributed by atoms with Gasteiger partial charge in [0.05, 0.1) is 18.7 Å². The normalized spacial score (nSPS) is 20.2. The maximum atomic E-state index is 12.0. The molecule has 3 N–H and O–H groups in total. The first kappa shape index (κ1) is 19.3. The van der Waals surface area contributed by atoms with Gasteiger partial charge < -0.3 is 15.5 Å². The van der Waals surface area contributed by atoms with E-state index < -0.39 is 11.9 Å². The highest BCUT2D eigenvalue weighted by molar-refractivity contribution is 6.14. The van der Waals surface area contributed by atoms with Crippen LogP contribution < -0.4 is 20.9 Å². The van der Waals surface area contributed by atoms with Crippen molar-refractivity contribution in [2.24, 2.45) is 0 Å². The first-order valence-corrected chi connectivity index (χ1v) is 10.6. The number of nitriles is 1. The maximum absolute atomic E-state index is 12.0. The average Bonchev–Trinajstić information content (AvgIpc) is 3.12. The summed E-state index contributed by atoms with van der Waals surface area (Å²) in [6.45, 7) is 0.559. The molecule has 1 saturated heterocycles. The van der Waals surface area contributed by atoms with Crippen molar-refractivity contribution in [1.82, 2.24) is 30.2 Å². The Hall–Kier alpha value is -3.68. The molecule has 0 radical (unpaired) electrons. The highest BCUT2D eigenvalue weighted by Gasteiger charge is 2.29. The Morgan fingerprint density at radius 2 is 2.03 bits per heavy atom. The third-order valence-electron chi connectivity index (χ3n) is 5.80. The summed E-state index contributed by atoms with van der Waals surface area (Å²) in [7, 11) is 0. The van der Waals surface area contributed by atoms with Gasteiger partial charge in [-0.3, -0.25) is 10.1 Å². The molecule has 2 aliphatic carbocycles. The predicted molar refractivity (Wildman–Crippen MR) is 112 cm³/mol. The number of fused-ring (bicyclic) bond motifs is 1. The van der Waals surface area contributed by atoms with E-state index in [4.69, 9.17) is 15.2 Å². The number of anilines is 2. The van der Waals surface area contributed by atoms with E-state index in [9.17, 15) is 9.59 Å². The van der Waals surface area contributed by atoms with E-state index in [0.717, 1.165) is 38.5 Å². The number of amides is 3. The Bertz CT molecular complexity index is 1110. The van der Waals surface area contributed by atoms with E-state index in [1.807, 2.05) is 0 Å². The molecule has 2 aromatic rings. The summed E-state index contributed by atoms with van der Waals surface area (Å²) in [4.78, 5) is 35.1. The molecule has 0 atom stereocenters. The maximum Gasteiger partial charge on any atom is 0.326 e. The molecular weight excluding hydrogens is 398 g/mol. The van der Waals surface area contributed by atoms with Crippen LogP contribution in [0.15, 0.2) is 11.9 Å². The summed E-state index contributed by atoms with van der Waals surface area (Å²) < 4.78 is 1.63. The van der Waals surface area contributed by atoms with Gasteiger partial charge in [0.15, 0.2) is 5.65 Å². The minimum atomic E-state index is -0.553. The van der Waals surface area contributed by atoms with Crippen LogP contribution in [0, 0.1) is 11.3 Å². The van der Waals surface area contributed by atoms with Crippen LogP contribution in [0.3, 0.4) is 0 Å². The lowest BCUT2D eigenvalue weighted by molar-refractivity contribution is -0.115. The summed E-state index contributed by atoms with van der Waals surface area (Å²) in [6.07, 6.45) is 10.1. The smallest absolute Gasteiger partial charge is 0.326 e. The largest absolute Gasteiger partial charge is 0.351 e. The van der Waals surface area contributed by atoms with E-state index in [2.05, 4.69) is 32.0 Å². The molecule has 0 aromatic carbocycles. The molecule has 31 heavy (non-hydrogen) atoms. The van der Waals surface area contributed by atoms with Gasteiger partial charge in [0, 0.05) is 24.2 Å². The first-order chi connectivity index (χ1) is 15.1. The second-order valence-electron chi connectivity index (χ2n) is 8.11. The van der Waals surface area contributed by atoms with Crippen LogP contribution in [0.1, 0.15) is 50.5 Å². The number of nitrogens with one attached hydrogen (secondary N) is 3. The summed E-state index contributed by atoms with van der Waals surface area (Å²) in [5, 5.41) is 21.7. The van der Waals surface area contributed by atoms with Gasteiger partial charge in [-0.05, 0) is 31.8 Å². The average molecular weight is 421 g/mol. The quantitative estimate of drug-likeness (QED) is 0.452. The van der Waals surface area contributed by atoms with Crippen molar-refractivity contribution in [1.29, 1.82) is 5.26 Å². The Kier molecular flexibility index (Phi) is 4.89. The van der Waals surface area contributed by atoms with Gasteiger partial charge in [-0.15, -0.1) is 0 Å². The zero-order valence-electron chi connectivity index (χ0n) is 17.0. The lowest BCUT2D eigenvalue weighted by Gasteiger charge is -2.28. The molecular formula is C20H23N9O2. The Labute approximate surface area is 178 Å². The minimum Gasteiger partial charge on any atom is -0.351 e. The highest BCUT2D eigenvalue weighted by atomic mass is 16.2. The van der Waals surface area contributed by atoms with Crippen LogP contribution >= 0.6 is 0 Å². The molecule has 0 spiro atoms. The van der Waals surface area contributed by atoms with Gasteiger partial charge in [0.2, 0.25) is 11.9 Å². The molecule has 3 fully saturated rings. The number of nitrogens with zero attached hydrogens (tertiary/aromatic N) is 6. The predicted octanol–water partition coefficient (Wildman–Crippen LogP) is 1.54. The lowest BCUT2D eigenvalue weighted by atomic mass is 10.2. The fourth-order valence-corrected chi connectivity index (χ4v) is 4.09. The van der Waals surface area contributed by atoms with Gasteiger partial charge in [0.1, 0.15) is 5.70 Å². The van der Waals surface area contributed by atoms with E-state index in [1.54, 1.807) is 16.8 Å². The van der Waals surface area contributed by atoms with Gasteiger partial charge in [-0.1, -0.05) is 12.8 Å². The Morgan fingerprint density at radius 3 is 2.71 bits per heavy atom. The minimum absolute atomic E-state index is 0.147. The molecule has 11 nitrogen and oxygen atoms in total. The fourth-order valence-electron chi connectivity index (χ4n) is 4.09. The first-order valence-electron chi connectivity index (χ1n) is 10.6. The fraction of sp³-hybridized carbons (Fsp3) is 0.500. The molecule has 3 heterocycles. The van der Waals surface area contributed by atoms with Crippen LogP contribution in [0.4, 0.5) is 16.7 Å². The van der Waals surface area contributed by atoms with Gasteiger partial charge in [0.25, 0.3) is 5.91 Å². The molecule has 1 aliphatic heterocycles. The standard InChI is InChI=1S/C20H23N9O2/c21-8-3-9-28(14-4-1-2-5-14)18-25-16-12(10-15-17(30)26-20(31)24-15)11-22-29(16)19(27-18)23-13-6-7-13/h10-11,13-14H,1-7,9H2,(H,23,25,27)(H2,24,26,30,31)/b15-10-. The summed E-state index contributed by atoms with van der Waals surface area (Å²) in [5.41, 5.74) is 1.28. The monoisotopic (exact) mass is 421 g/mol. The second kappa shape index (κ2) is 7.86. The van der Waals surface area contributed by atoms with Crippen molar-refractivity contribution in [3.8, 4) is 6.07 Å². The van der Waals surface area contributed by atoms with E-state index in [1.165, 1.54) is 0 Å². The zero-order chi connectivity index (χ0) is 21.4. The Balaban J connectivity index is 1.59. The molecule has 3 amide bonds. The topological polar surface area (TPSA) is 140 Å². The van der Waals surface area contributed by atoms with Gasteiger partial charge in [-0.2, -0.15) is 24.8 Å². The van der Waals surface area contributed by atoms with E-state index in [-0.39, 0.29) is 5.70 Å². The Morgan fingerprint density at radius 1 is 1.23 bits per heavy atom. The van der Waals surface area contributed by atoms with Crippen molar-refractivity contribution in [3.05, 3.63) is 17.5 Å². The number of hydrogen-bond acceptors (Lipinski definition) is 8. The van der Waals surface area contributed by atoms with Crippen LogP contribution in [0.2, 0.25) is 0 Å². The van der Waals surface area contributed by atoms with Crippen molar-refractivity contribution >= 4 is 35.6 Å². The van der Waals surface area contributed by atoms with Crippen LogP contribution in [0.5, 0.6) is 0 Å². The van der Waals surface area contributed by atoms with E-state index >= 15 is 0 Å². The van der Waals surface area contributed by atoms with Crippen LogP contribution in [-0.2, 0) is 4.79 Å². The number of aromatic nitrogens is 4. The van der Waals surface area contributed by atoms with E-state index in [0.29, 0.717) is 48.2 Å². The number of hydrogen-bond donors (Lipinski definition) is 3. The summed E-state index contributed by atoms with van der Waals surface area (Å²) in [6, 6.07) is 2.33. The third-order valence-corrected chi connectivity index (χ3v) is 5.80.